The number of amides is 3. The maximum atomic E-state index is 13.2. The lowest BCUT2D eigenvalue weighted by Crippen LogP contribution is -2.48. The molecule has 7 heteroatoms. The molecule has 0 radical (unpaired) electrons. The third-order valence-corrected chi connectivity index (χ3v) is 7.90. The molecule has 2 aliphatic carbocycles. The van der Waals surface area contributed by atoms with Crippen molar-refractivity contribution in [2.24, 2.45) is 23.7 Å². The van der Waals surface area contributed by atoms with Crippen molar-refractivity contribution < 1.29 is 14.4 Å². The standard InChI is InChI=1S/C26H24ClN3O3/c27-20-6-1-2-7-21(20)28-10-12-29(13-11-28)24(31)18-4-3-5-19(15-18)30-25(32)22-16-8-9-17(14-16)23(22)26(30)33/h1-9,15-17,22-23H,10-14H2/t16-,17-,22-,23+/m0/s1. The zero-order valence-electron chi connectivity index (χ0n) is 18.1. The smallest absolute Gasteiger partial charge is 0.254 e. The second-order valence-corrected chi connectivity index (χ2v) is 9.70. The number of allylic oxidation sites excluding steroid dienone is 2. The van der Waals surface area contributed by atoms with E-state index < -0.39 is 0 Å². The van der Waals surface area contributed by atoms with Crippen LogP contribution < -0.4 is 9.80 Å². The van der Waals surface area contributed by atoms with Gasteiger partial charge in [0.15, 0.2) is 0 Å². The Morgan fingerprint density at radius 1 is 0.848 bits per heavy atom. The normalized spacial score (nSPS) is 28.1. The van der Waals surface area contributed by atoms with E-state index >= 15 is 0 Å². The van der Waals surface area contributed by atoms with E-state index in [4.69, 9.17) is 11.6 Å². The van der Waals surface area contributed by atoms with Gasteiger partial charge in [0.1, 0.15) is 0 Å². The predicted molar refractivity (Wildman–Crippen MR) is 126 cm³/mol. The summed E-state index contributed by atoms with van der Waals surface area (Å²) in [5.74, 6) is -0.493. The number of carbonyl (C=O) groups excluding carboxylic acids is 3. The number of benzene rings is 2. The molecule has 4 atom stereocenters. The van der Waals surface area contributed by atoms with Crippen molar-refractivity contribution in [1.82, 2.24) is 4.90 Å². The van der Waals surface area contributed by atoms with Gasteiger partial charge in [0.05, 0.1) is 28.2 Å². The molecule has 0 spiro atoms. The van der Waals surface area contributed by atoms with E-state index in [1.165, 1.54) is 4.90 Å². The Hall–Kier alpha value is -3.12. The van der Waals surface area contributed by atoms with Gasteiger partial charge in [-0.15, -0.1) is 0 Å². The molecule has 0 N–H and O–H groups in total. The molecule has 33 heavy (non-hydrogen) atoms. The fraction of sp³-hybridized carbons (Fsp3) is 0.346. The Morgan fingerprint density at radius 2 is 1.52 bits per heavy atom. The number of nitrogens with zero attached hydrogens (tertiary/aromatic N) is 3. The highest BCUT2D eigenvalue weighted by atomic mass is 35.5. The number of carbonyl (C=O) groups is 3. The molecule has 6 nitrogen and oxygen atoms in total. The van der Waals surface area contributed by atoms with Crippen molar-refractivity contribution in [1.29, 1.82) is 0 Å². The lowest BCUT2D eigenvalue weighted by Gasteiger charge is -2.36. The Labute approximate surface area is 197 Å². The molecule has 2 aromatic carbocycles. The van der Waals surface area contributed by atoms with E-state index in [-0.39, 0.29) is 41.4 Å². The third-order valence-electron chi connectivity index (χ3n) is 7.58. The quantitative estimate of drug-likeness (QED) is 0.517. The van der Waals surface area contributed by atoms with Crippen LogP contribution in [0.3, 0.4) is 0 Å². The maximum Gasteiger partial charge on any atom is 0.254 e. The van der Waals surface area contributed by atoms with Crippen LogP contribution in [0.4, 0.5) is 11.4 Å². The Bertz CT molecular complexity index is 1160. The average Bonchev–Trinajstić information content (AvgIpc) is 3.53. The first kappa shape index (κ1) is 20.5. The van der Waals surface area contributed by atoms with Gasteiger partial charge < -0.3 is 9.80 Å². The van der Waals surface area contributed by atoms with E-state index in [1.54, 1.807) is 24.3 Å². The molecule has 2 heterocycles. The molecule has 2 bridgehead atoms. The maximum absolute atomic E-state index is 13.2. The van der Waals surface area contributed by atoms with Crippen LogP contribution in [0.25, 0.3) is 0 Å². The lowest BCUT2D eigenvalue weighted by molar-refractivity contribution is -0.123. The SMILES string of the molecule is O=C(c1cccc(N2C(=O)[C@@H]3[C@H](C2=O)[C@H]2C=C[C@H]3C2)c1)N1CCN(c2ccccc2Cl)CC1. The first-order valence-corrected chi connectivity index (χ1v) is 11.9. The van der Waals surface area contributed by atoms with Crippen molar-refractivity contribution >= 4 is 40.7 Å². The molecule has 1 saturated carbocycles. The average molecular weight is 462 g/mol. The summed E-state index contributed by atoms with van der Waals surface area (Å²) in [5.41, 5.74) is 1.98. The number of halogens is 1. The summed E-state index contributed by atoms with van der Waals surface area (Å²) in [6, 6.07) is 14.7. The Balaban J connectivity index is 1.18. The molecule has 0 unspecified atom stereocenters. The number of hydrogen-bond donors (Lipinski definition) is 0. The lowest BCUT2D eigenvalue weighted by atomic mass is 9.85. The third kappa shape index (κ3) is 3.19. The summed E-state index contributed by atoms with van der Waals surface area (Å²) in [7, 11) is 0. The minimum atomic E-state index is -0.246. The molecule has 6 rings (SSSR count). The van der Waals surface area contributed by atoms with E-state index in [1.807, 2.05) is 29.2 Å². The van der Waals surface area contributed by atoms with Crippen LogP contribution in [-0.4, -0.2) is 48.8 Å². The molecule has 168 valence electrons. The van der Waals surface area contributed by atoms with Gasteiger partial charge in [-0.25, -0.2) is 4.90 Å². The summed E-state index contributed by atoms with van der Waals surface area (Å²) in [5, 5.41) is 0.707. The number of piperazine rings is 1. The van der Waals surface area contributed by atoms with Gasteiger partial charge in [-0.2, -0.15) is 0 Å². The Morgan fingerprint density at radius 3 is 2.18 bits per heavy atom. The molecule has 3 fully saturated rings. The predicted octanol–water partition coefficient (Wildman–Crippen LogP) is 3.61. The van der Waals surface area contributed by atoms with Gasteiger partial charge in [0.25, 0.3) is 5.91 Å². The highest BCUT2D eigenvalue weighted by Crippen LogP contribution is 2.53. The minimum absolute atomic E-state index is 0.0864. The summed E-state index contributed by atoms with van der Waals surface area (Å²) in [6.07, 6.45) is 5.07. The van der Waals surface area contributed by atoms with Gasteiger partial charge in [-0.1, -0.05) is 42.0 Å². The van der Waals surface area contributed by atoms with E-state index in [9.17, 15) is 14.4 Å². The molecule has 4 aliphatic rings. The van der Waals surface area contributed by atoms with Crippen LogP contribution in [-0.2, 0) is 9.59 Å². The van der Waals surface area contributed by atoms with Crippen LogP contribution in [0.5, 0.6) is 0 Å². The van der Waals surface area contributed by atoms with E-state index in [0.29, 0.717) is 42.5 Å². The van der Waals surface area contributed by atoms with Gasteiger partial charge in [0.2, 0.25) is 11.8 Å². The molecular formula is C26H24ClN3O3. The molecule has 3 amide bonds. The van der Waals surface area contributed by atoms with Crippen molar-refractivity contribution in [3.05, 3.63) is 71.3 Å². The first-order chi connectivity index (χ1) is 16.0. The van der Waals surface area contributed by atoms with E-state index in [2.05, 4.69) is 17.1 Å². The molecule has 2 aromatic rings. The van der Waals surface area contributed by atoms with Crippen molar-refractivity contribution in [3.63, 3.8) is 0 Å². The Kier molecular flexibility index (Phi) is 4.80. The summed E-state index contributed by atoms with van der Waals surface area (Å²) in [6.45, 7) is 2.54. The zero-order valence-corrected chi connectivity index (χ0v) is 18.8. The van der Waals surface area contributed by atoms with Crippen LogP contribution in [0.2, 0.25) is 5.02 Å². The highest BCUT2D eigenvalue weighted by Gasteiger charge is 2.59. The van der Waals surface area contributed by atoms with Gasteiger partial charge in [-0.3, -0.25) is 14.4 Å². The number of anilines is 2. The fourth-order valence-electron chi connectivity index (χ4n) is 5.98. The topological polar surface area (TPSA) is 60.9 Å². The molecule has 2 aliphatic heterocycles. The van der Waals surface area contributed by atoms with Crippen molar-refractivity contribution in [2.75, 3.05) is 36.0 Å². The molecule has 2 saturated heterocycles. The second-order valence-electron chi connectivity index (χ2n) is 9.29. The van der Waals surface area contributed by atoms with Gasteiger partial charge in [0, 0.05) is 31.7 Å². The molecular weight excluding hydrogens is 438 g/mol. The minimum Gasteiger partial charge on any atom is -0.367 e. The number of imide groups is 1. The van der Waals surface area contributed by atoms with Crippen LogP contribution >= 0.6 is 11.6 Å². The fourth-order valence-corrected chi connectivity index (χ4v) is 6.23. The number of rotatable bonds is 3. The summed E-state index contributed by atoms with van der Waals surface area (Å²) < 4.78 is 0. The van der Waals surface area contributed by atoms with Crippen LogP contribution in [0.1, 0.15) is 16.8 Å². The summed E-state index contributed by atoms with van der Waals surface area (Å²) >= 11 is 6.33. The summed E-state index contributed by atoms with van der Waals surface area (Å²) in [4.78, 5) is 44.8. The van der Waals surface area contributed by atoms with E-state index in [0.717, 1.165) is 12.1 Å². The molecule has 0 aromatic heterocycles. The van der Waals surface area contributed by atoms with Crippen molar-refractivity contribution in [3.8, 4) is 0 Å². The monoisotopic (exact) mass is 461 g/mol. The number of hydrogen-bond acceptors (Lipinski definition) is 4. The van der Waals surface area contributed by atoms with Crippen LogP contribution in [0.15, 0.2) is 60.7 Å². The van der Waals surface area contributed by atoms with Gasteiger partial charge >= 0.3 is 0 Å². The van der Waals surface area contributed by atoms with Gasteiger partial charge in [-0.05, 0) is 48.6 Å². The largest absolute Gasteiger partial charge is 0.367 e. The number of para-hydroxylation sites is 1. The zero-order chi connectivity index (χ0) is 22.7. The number of fused-ring (bicyclic) bond motifs is 5. The second kappa shape index (κ2) is 7.73. The van der Waals surface area contributed by atoms with Crippen LogP contribution in [0, 0.1) is 23.7 Å². The van der Waals surface area contributed by atoms with Crippen molar-refractivity contribution in [2.45, 2.75) is 6.42 Å². The highest BCUT2D eigenvalue weighted by molar-refractivity contribution is 6.33. The first-order valence-electron chi connectivity index (χ1n) is 11.5.